The number of nitrogens with two attached hydrogens (primary N) is 2. The third kappa shape index (κ3) is 2.83. The van der Waals surface area contributed by atoms with E-state index in [1.54, 1.807) is 12.1 Å². The zero-order valence-electron chi connectivity index (χ0n) is 13.2. The molecule has 4 bridgehead atoms. The molecule has 2 aromatic rings. The molecule has 0 saturated carbocycles. The van der Waals surface area contributed by atoms with Crippen LogP contribution in [-0.2, 0) is 4.74 Å². The third-order valence-corrected chi connectivity index (χ3v) is 4.61. The number of halogens is 1. The summed E-state index contributed by atoms with van der Waals surface area (Å²) in [7, 11) is 0. The Morgan fingerprint density at radius 2 is 2.16 bits per heavy atom. The van der Waals surface area contributed by atoms with Crippen molar-refractivity contribution >= 4 is 29.3 Å². The number of hydrogen-bond donors (Lipinski definition) is 2. The molecule has 3 heterocycles. The number of ether oxygens (including phenoxy) is 2. The van der Waals surface area contributed by atoms with Crippen molar-refractivity contribution < 1.29 is 14.3 Å². The number of carbonyl (C=O) groups is 1. The maximum absolute atomic E-state index is 11.8. The quantitative estimate of drug-likeness (QED) is 0.796. The van der Waals surface area contributed by atoms with Crippen molar-refractivity contribution in [1.82, 2.24) is 9.97 Å². The minimum absolute atomic E-state index is 0.0816. The van der Waals surface area contributed by atoms with E-state index in [0.29, 0.717) is 30.6 Å². The molecule has 1 amide bonds. The van der Waals surface area contributed by atoms with Crippen molar-refractivity contribution in [2.24, 2.45) is 5.73 Å². The molecule has 0 spiro atoms. The number of primary amides is 1. The van der Waals surface area contributed by atoms with Crippen molar-refractivity contribution in [2.75, 3.05) is 30.4 Å². The van der Waals surface area contributed by atoms with Crippen LogP contribution in [0.3, 0.4) is 0 Å². The average Bonchev–Trinajstić information content (AvgIpc) is 2.79. The smallest absolute Gasteiger partial charge is 0.252 e. The molecular formula is C16H16ClN5O3. The summed E-state index contributed by atoms with van der Waals surface area (Å²) in [4.78, 5) is 22.3. The number of nitrogens with zero attached hydrogens (tertiary/aromatic N) is 3. The SMILES string of the molecule is NC(=O)c1cc(Cl)c2cc1Oc1cc(nc(N)n1)N1CCCOC[C@H]21. The van der Waals surface area contributed by atoms with Crippen LogP contribution < -0.4 is 21.1 Å². The molecule has 1 aromatic carbocycles. The van der Waals surface area contributed by atoms with Crippen LogP contribution in [-0.4, -0.2) is 35.6 Å². The van der Waals surface area contributed by atoms with Gasteiger partial charge in [0.15, 0.2) is 0 Å². The molecule has 1 atom stereocenters. The monoisotopic (exact) mass is 361 g/mol. The first-order valence-electron chi connectivity index (χ1n) is 7.83. The van der Waals surface area contributed by atoms with E-state index in [1.165, 1.54) is 6.07 Å². The van der Waals surface area contributed by atoms with Crippen LogP contribution in [0.15, 0.2) is 18.2 Å². The molecule has 2 aliphatic rings. The number of anilines is 2. The largest absolute Gasteiger partial charge is 0.438 e. The standard InChI is InChI=1S/C16H16ClN5O3/c17-10-4-9(15(18)23)12-5-8(10)11-7-24-3-1-2-22(11)13-6-14(25-12)21-16(19)20-13/h4-6,11H,1-3,7H2,(H2,18,23)(H2,19,20,21)/t11-/m1/s1. The Kier molecular flexibility index (Phi) is 3.85. The molecule has 4 rings (SSSR count). The third-order valence-electron chi connectivity index (χ3n) is 4.28. The molecule has 0 radical (unpaired) electrons. The molecule has 25 heavy (non-hydrogen) atoms. The first-order chi connectivity index (χ1) is 12.0. The van der Waals surface area contributed by atoms with Gasteiger partial charge in [-0.15, -0.1) is 0 Å². The zero-order valence-corrected chi connectivity index (χ0v) is 14.0. The fraction of sp³-hybridized carbons (Fsp3) is 0.312. The first-order valence-corrected chi connectivity index (χ1v) is 8.21. The highest BCUT2D eigenvalue weighted by atomic mass is 35.5. The van der Waals surface area contributed by atoms with Crippen LogP contribution in [0.2, 0.25) is 5.02 Å². The van der Waals surface area contributed by atoms with E-state index in [-0.39, 0.29) is 29.2 Å². The maximum atomic E-state index is 11.8. The van der Waals surface area contributed by atoms with Gasteiger partial charge in [-0.1, -0.05) is 11.6 Å². The number of aromatic nitrogens is 2. The minimum atomic E-state index is -0.640. The van der Waals surface area contributed by atoms with Crippen LogP contribution in [0.5, 0.6) is 11.6 Å². The van der Waals surface area contributed by atoms with Crippen molar-refractivity contribution in [3.8, 4) is 11.6 Å². The van der Waals surface area contributed by atoms with E-state index in [2.05, 4.69) is 14.9 Å². The lowest BCUT2D eigenvalue weighted by molar-refractivity contribution is 0.0998. The Morgan fingerprint density at radius 3 is 2.96 bits per heavy atom. The van der Waals surface area contributed by atoms with Crippen molar-refractivity contribution in [3.05, 3.63) is 34.3 Å². The van der Waals surface area contributed by atoms with E-state index < -0.39 is 5.91 Å². The lowest BCUT2D eigenvalue weighted by Gasteiger charge is -2.30. The summed E-state index contributed by atoms with van der Waals surface area (Å²) < 4.78 is 11.5. The second-order valence-electron chi connectivity index (χ2n) is 5.90. The summed E-state index contributed by atoms with van der Waals surface area (Å²) in [5, 5.41) is 0.414. The van der Waals surface area contributed by atoms with Gasteiger partial charge in [-0.2, -0.15) is 9.97 Å². The molecule has 1 fully saturated rings. The summed E-state index contributed by atoms with van der Waals surface area (Å²) in [6.07, 6.45) is 0.834. The first kappa shape index (κ1) is 15.9. The fourth-order valence-electron chi connectivity index (χ4n) is 3.15. The number of benzene rings is 1. The molecule has 1 saturated heterocycles. The van der Waals surface area contributed by atoms with Crippen molar-refractivity contribution in [3.63, 3.8) is 0 Å². The van der Waals surface area contributed by atoms with Gasteiger partial charge in [0.1, 0.15) is 11.6 Å². The second kappa shape index (κ2) is 6.05. The van der Waals surface area contributed by atoms with Gasteiger partial charge in [0.2, 0.25) is 11.8 Å². The van der Waals surface area contributed by atoms with Crippen molar-refractivity contribution in [2.45, 2.75) is 12.5 Å². The molecule has 8 nitrogen and oxygen atoms in total. The summed E-state index contributed by atoms with van der Waals surface area (Å²) in [5.74, 6) is 0.584. The molecule has 0 unspecified atom stereocenters. The highest BCUT2D eigenvalue weighted by molar-refractivity contribution is 6.32. The highest BCUT2D eigenvalue weighted by Gasteiger charge is 2.30. The number of amides is 1. The van der Waals surface area contributed by atoms with Crippen LogP contribution in [0.25, 0.3) is 0 Å². The lowest BCUT2D eigenvalue weighted by atomic mass is 10.0. The molecule has 9 heteroatoms. The van der Waals surface area contributed by atoms with Gasteiger partial charge >= 0.3 is 0 Å². The van der Waals surface area contributed by atoms with Gasteiger partial charge in [0.25, 0.3) is 5.91 Å². The molecule has 130 valence electrons. The predicted octanol–water partition coefficient (Wildman–Crippen LogP) is 1.88. The van der Waals surface area contributed by atoms with Gasteiger partial charge in [-0.05, 0) is 24.1 Å². The molecular weight excluding hydrogens is 346 g/mol. The number of nitrogen functional groups attached to an aromatic ring is 1. The number of carbonyl (C=O) groups excluding carboxylic acids is 1. The van der Waals surface area contributed by atoms with Crippen LogP contribution in [0, 0.1) is 0 Å². The summed E-state index contributed by atoms with van der Waals surface area (Å²) in [6.45, 7) is 1.78. The Morgan fingerprint density at radius 1 is 1.32 bits per heavy atom. The predicted molar refractivity (Wildman–Crippen MR) is 92.0 cm³/mol. The van der Waals surface area contributed by atoms with E-state index in [1.807, 2.05) is 0 Å². The Balaban J connectivity index is 1.97. The van der Waals surface area contributed by atoms with Crippen LogP contribution >= 0.6 is 11.6 Å². The van der Waals surface area contributed by atoms with Gasteiger partial charge < -0.3 is 25.8 Å². The van der Waals surface area contributed by atoms with Gasteiger partial charge in [-0.25, -0.2) is 0 Å². The fourth-order valence-corrected chi connectivity index (χ4v) is 3.44. The Hall–Kier alpha value is -2.58. The highest BCUT2D eigenvalue weighted by Crippen LogP contribution is 2.40. The van der Waals surface area contributed by atoms with Gasteiger partial charge in [-0.3, -0.25) is 4.79 Å². The van der Waals surface area contributed by atoms with Crippen molar-refractivity contribution in [1.29, 1.82) is 0 Å². The summed E-state index contributed by atoms with van der Waals surface area (Å²) in [5.41, 5.74) is 12.2. The van der Waals surface area contributed by atoms with Gasteiger partial charge in [0.05, 0.1) is 18.2 Å². The molecule has 0 aliphatic carbocycles. The summed E-state index contributed by atoms with van der Waals surface area (Å²) in [6, 6.07) is 4.72. The lowest BCUT2D eigenvalue weighted by Crippen LogP contribution is -2.31. The topological polar surface area (TPSA) is 117 Å². The summed E-state index contributed by atoms with van der Waals surface area (Å²) >= 11 is 6.45. The zero-order chi connectivity index (χ0) is 17.6. The Labute approximate surface area is 148 Å². The molecule has 2 aliphatic heterocycles. The molecule has 4 N–H and O–H groups in total. The van der Waals surface area contributed by atoms with E-state index in [4.69, 9.17) is 32.5 Å². The Bertz CT molecular complexity index is 860. The average molecular weight is 362 g/mol. The second-order valence-corrected chi connectivity index (χ2v) is 6.30. The number of rotatable bonds is 1. The number of hydrogen-bond acceptors (Lipinski definition) is 7. The number of fused-ring (bicyclic) bond motifs is 7. The van der Waals surface area contributed by atoms with E-state index in [0.717, 1.165) is 12.0 Å². The van der Waals surface area contributed by atoms with E-state index in [9.17, 15) is 4.79 Å². The van der Waals surface area contributed by atoms with E-state index >= 15 is 0 Å². The van der Waals surface area contributed by atoms with Crippen LogP contribution in [0.4, 0.5) is 11.8 Å². The molecule has 1 aromatic heterocycles. The normalized spacial score (nSPS) is 18.9. The minimum Gasteiger partial charge on any atom is -0.438 e. The van der Waals surface area contributed by atoms with Crippen LogP contribution in [0.1, 0.15) is 28.4 Å². The maximum Gasteiger partial charge on any atom is 0.252 e. The van der Waals surface area contributed by atoms with Gasteiger partial charge in [0, 0.05) is 24.2 Å².